The van der Waals surface area contributed by atoms with Crippen molar-refractivity contribution < 1.29 is 28.3 Å². The van der Waals surface area contributed by atoms with E-state index in [2.05, 4.69) is 13.8 Å². The quantitative estimate of drug-likeness (QED) is 0.319. The number of rotatable bonds is 14. The Balaban J connectivity index is 2.38. The summed E-state index contributed by atoms with van der Waals surface area (Å²) in [6.45, 7) is 7.00. The second kappa shape index (κ2) is 15.5. The van der Waals surface area contributed by atoms with Crippen LogP contribution in [0, 0.1) is 0 Å². The van der Waals surface area contributed by atoms with E-state index in [1.54, 1.807) is 11.8 Å². The van der Waals surface area contributed by atoms with Crippen LogP contribution in [0.5, 0.6) is 0 Å². The van der Waals surface area contributed by atoms with Gasteiger partial charge < -0.3 is 19.3 Å². The predicted octanol–water partition coefficient (Wildman–Crippen LogP) is 2.09. The highest BCUT2D eigenvalue weighted by molar-refractivity contribution is 8.03. The van der Waals surface area contributed by atoms with Crippen molar-refractivity contribution in [1.29, 1.82) is 0 Å². The molecule has 1 saturated heterocycles. The lowest BCUT2D eigenvalue weighted by atomic mass is 10.4. The summed E-state index contributed by atoms with van der Waals surface area (Å²) in [4.78, 5) is 24.6. The monoisotopic (exact) mass is 412 g/mol. The highest BCUT2D eigenvalue weighted by Crippen LogP contribution is 2.31. The van der Waals surface area contributed by atoms with Crippen LogP contribution in [-0.2, 0) is 18.5 Å². The van der Waals surface area contributed by atoms with Gasteiger partial charge in [0, 0.05) is 13.2 Å². The standard InChI is InChI=1S/C16H30O6P2S/c1-3-5-7-19-9-11-21-23(17)15-13-25-14-16(15)24(18)22-12-10-20-8-6-4-2/h3-14H2,1-2H3. The smallest absolute Gasteiger partial charge is 0.230 e. The van der Waals surface area contributed by atoms with E-state index in [9.17, 15) is 9.79 Å². The molecule has 0 N–H and O–H groups in total. The first-order valence-corrected chi connectivity index (χ1v) is 12.4. The first kappa shape index (κ1) is 23.5. The average molecular weight is 412 g/mol. The summed E-state index contributed by atoms with van der Waals surface area (Å²) in [6, 6.07) is 0. The van der Waals surface area contributed by atoms with Crippen LogP contribution in [0.25, 0.3) is 0 Å². The molecule has 1 aliphatic rings. The summed E-state index contributed by atoms with van der Waals surface area (Å²) in [5, 5.41) is 1.25. The molecular weight excluding hydrogens is 382 g/mol. The van der Waals surface area contributed by atoms with Crippen LogP contribution in [0.4, 0.5) is 0 Å². The minimum atomic E-state index is -1.97. The molecule has 1 heterocycles. The zero-order valence-electron chi connectivity index (χ0n) is 15.2. The van der Waals surface area contributed by atoms with Crippen molar-refractivity contribution in [3.63, 3.8) is 0 Å². The fraction of sp³-hybridized carbons (Fsp3) is 0.875. The van der Waals surface area contributed by atoms with E-state index < -0.39 is 16.0 Å². The lowest BCUT2D eigenvalue weighted by Crippen LogP contribution is -2.18. The van der Waals surface area contributed by atoms with Gasteiger partial charge in [-0.05, 0) is 12.8 Å². The van der Waals surface area contributed by atoms with E-state index in [1.165, 1.54) is 0 Å². The molecule has 2 atom stereocenters. The van der Waals surface area contributed by atoms with Crippen molar-refractivity contribution >= 4 is 38.3 Å². The van der Waals surface area contributed by atoms with E-state index in [0.717, 1.165) is 25.7 Å². The predicted molar refractivity (Wildman–Crippen MR) is 105 cm³/mol. The Labute approximate surface area is 157 Å². The van der Waals surface area contributed by atoms with Crippen LogP contribution in [0.1, 0.15) is 39.5 Å². The zero-order chi connectivity index (χ0) is 18.3. The van der Waals surface area contributed by atoms with E-state index >= 15 is 0 Å². The maximum Gasteiger partial charge on any atom is 0.230 e. The number of thioether (sulfide) groups is 1. The van der Waals surface area contributed by atoms with Crippen molar-refractivity contribution in [2.75, 3.05) is 51.1 Å². The van der Waals surface area contributed by atoms with Crippen LogP contribution in [0.2, 0.25) is 0 Å². The van der Waals surface area contributed by atoms with E-state index in [-0.39, 0.29) is 13.2 Å². The summed E-state index contributed by atoms with van der Waals surface area (Å²) in [7, 11) is -3.94. The third kappa shape index (κ3) is 10.4. The van der Waals surface area contributed by atoms with Crippen molar-refractivity contribution in [3.05, 3.63) is 0 Å². The molecule has 1 fully saturated rings. The Morgan fingerprint density at radius 2 is 1.20 bits per heavy atom. The van der Waals surface area contributed by atoms with Crippen LogP contribution < -0.4 is 9.79 Å². The lowest BCUT2D eigenvalue weighted by Gasteiger charge is -2.05. The third-order valence-electron chi connectivity index (χ3n) is 3.41. The van der Waals surface area contributed by atoms with Gasteiger partial charge >= 0.3 is 0 Å². The highest BCUT2D eigenvalue weighted by atomic mass is 32.2. The second-order valence-electron chi connectivity index (χ2n) is 5.50. The molecule has 0 spiro atoms. The molecule has 0 radical (unpaired) electrons. The summed E-state index contributed by atoms with van der Waals surface area (Å²) in [5.74, 6) is 1.16. The number of hydrogen-bond acceptors (Lipinski definition) is 7. The summed E-state index contributed by atoms with van der Waals surface area (Å²) in [5.41, 5.74) is 0. The Hall–Kier alpha value is 0.450. The van der Waals surface area contributed by atoms with Gasteiger partial charge in [-0.25, -0.2) is 0 Å². The van der Waals surface area contributed by atoms with E-state index in [1.807, 2.05) is 0 Å². The van der Waals surface area contributed by atoms with Crippen molar-refractivity contribution in [2.24, 2.45) is 0 Å². The molecule has 0 amide bonds. The first-order valence-electron chi connectivity index (χ1n) is 8.86. The Bertz CT molecular complexity index is 393. The van der Waals surface area contributed by atoms with Crippen LogP contribution in [0.3, 0.4) is 0 Å². The molecule has 0 aromatic carbocycles. The largest absolute Gasteiger partial charge is 0.603 e. The maximum absolute atomic E-state index is 12.3. The van der Waals surface area contributed by atoms with Gasteiger partial charge in [0.1, 0.15) is 13.2 Å². The molecular formula is C16H30O6P2S. The van der Waals surface area contributed by atoms with Gasteiger partial charge in [0.05, 0.1) is 24.7 Å². The number of ether oxygens (including phenoxy) is 2. The van der Waals surface area contributed by atoms with Gasteiger partial charge in [-0.3, -0.25) is 0 Å². The minimum absolute atomic E-state index is 0.281. The van der Waals surface area contributed by atoms with Gasteiger partial charge in [0.15, 0.2) is 0 Å². The second-order valence-corrected chi connectivity index (χ2v) is 9.11. The fourth-order valence-electron chi connectivity index (χ4n) is 1.94. The molecule has 0 saturated carbocycles. The van der Waals surface area contributed by atoms with Gasteiger partial charge in [-0.2, -0.15) is 9.05 Å². The Kier molecular flexibility index (Phi) is 14.6. The first-order chi connectivity index (χ1) is 12.2. The molecule has 2 unspecified atom stereocenters. The topological polar surface area (TPSA) is 83.0 Å². The molecule has 146 valence electrons. The van der Waals surface area contributed by atoms with Crippen LogP contribution in [-0.4, -0.2) is 61.7 Å². The molecule has 6 nitrogen and oxygen atoms in total. The third-order valence-corrected chi connectivity index (χ3v) is 7.57. The molecule has 1 rings (SSSR count). The lowest BCUT2D eigenvalue weighted by molar-refractivity contribution is -0.174. The minimum Gasteiger partial charge on any atom is -0.603 e. The maximum atomic E-state index is 12.3. The Morgan fingerprint density at radius 3 is 1.60 bits per heavy atom. The zero-order valence-corrected chi connectivity index (χ0v) is 17.8. The molecule has 9 heteroatoms. The van der Waals surface area contributed by atoms with Gasteiger partial charge in [-0.1, -0.05) is 26.7 Å². The highest BCUT2D eigenvalue weighted by Gasteiger charge is 2.32. The van der Waals surface area contributed by atoms with E-state index in [4.69, 9.17) is 18.5 Å². The SMILES string of the molecule is CCCCOCCO[P+]([O-])=C1CSCC1=[P+]([O-])OCCOCCCC. The summed E-state index contributed by atoms with van der Waals surface area (Å²) in [6.07, 6.45) is 4.19. The van der Waals surface area contributed by atoms with E-state index in [0.29, 0.717) is 48.5 Å². The summed E-state index contributed by atoms with van der Waals surface area (Å²) < 4.78 is 21.5. The average Bonchev–Trinajstić information content (AvgIpc) is 3.10. The number of hydrogen-bond donors (Lipinski definition) is 0. The van der Waals surface area contributed by atoms with Gasteiger partial charge in [0.2, 0.25) is 26.6 Å². The summed E-state index contributed by atoms with van der Waals surface area (Å²) >= 11 is 1.58. The molecule has 0 aliphatic carbocycles. The van der Waals surface area contributed by atoms with Crippen molar-refractivity contribution in [3.8, 4) is 0 Å². The fourth-order valence-corrected chi connectivity index (χ4v) is 6.24. The molecule has 1 aliphatic heterocycles. The van der Waals surface area contributed by atoms with Crippen molar-refractivity contribution in [1.82, 2.24) is 0 Å². The van der Waals surface area contributed by atoms with Gasteiger partial charge in [0.25, 0.3) is 0 Å². The Morgan fingerprint density at radius 1 is 0.760 bits per heavy atom. The molecule has 0 aromatic heterocycles. The molecule has 0 aromatic rings. The normalized spacial score (nSPS) is 18.7. The number of unbranched alkanes of at least 4 members (excludes halogenated alkanes) is 2. The van der Waals surface area contributed by atoms with Crippen LogP contribution >= 0.6 is 27.8 Å². The van der Waals surface area contributed by atoms with Crippen molar-refractivity contribution in [2.45, 2.75) is 39.5 Å². The molecule has 0 bridgehead atoms. The molecule has 25 heavy (non-hydrogen) atoms. The van der Waals surface area contributed by atoms with Gasteiger partial charge in [-0.15, -0.1) is 11.8 Å². The van der Waals surface area contributed by atoms with Crippen LogP contribution in [0.15, 0.2) is 0 Å².